The van der Waals surface area contributed by atoms with Gasteiger partial charge in [-0.1, -0.05) is 0 Å². The summed E-state index contributed by atoms with van der Waals surface area (Å²) in [6.45, 7) is 3.38. The van der Waals surface area contributed by atoms with Crippen molar-refractivity contribution in [2.75, 3.05) is 13.2 Å². The molecule has 7 nitrogen and oxygen atoms in total. The van der Waals surface area contributed by atoms with Crippen LogP contribution >= 0.6 is 0 Å². The van der Waals surface area contributed by atoms with Crippen molar-refractivity contribution in [3.63, 3.8) is 0 Å². The van der Waals surface area contributed by atoms with Crippen LogP contribution in [0.15, 0.2) is 24.5 Å². The number of carbonyl (C=O) groups excluding carboxylic acids is 1. The van der Waals surface area contributed by atoms with Gasteiger partial charge in [-0.25, -0.2) is 4.39 Å². The fourth-order valence-corrected chi connectivity index (χ4v) is 3.00. The van der Waals surface area contributed by atoms with E-state index in [-0.39, 0.29) is 12.0 Å². The number of ketones is 1. The van der Waals surface area contributed by atoms with E-state index in [1.165, 1.54) is 18.3 Å². The zero-order valence-corrected chi connectivity index (χ0v) is 15.1. The number of nitriles is 1. The second kappa shape index (κ2) is 8.84. The Morgan fingerprint density at radius 2 is 2.33 bits per heavy atom. The smallest absolute Gasteiger partial charge is 0.189 e. The predicted molar refractivity (Wildman–Crippen MR) is 93.4 cm³/mol. The lowest BCUT2D eigenvalue weighted by Crippen LogP contribution is -2.24. The van der Waals surface area contributed by atoms with Crippen molar-refractivity contribution in [1.82, 2.24) is 14.8 Å². The Hall–Kier alpha value is -2.63. The molecule has 0 spiro atoms. The second-order valence-electron chi connectivity index (χ2n) is 6.36. The average molecular weight is 372 g/mol. The predicted octanol–water partition coefficient (Wildman–Crippen LogP) is 2.76. The minimum atomic E-state index is -1.10. The Balaban J connectivity index is 1.65. The molecule has 2 atom stereocenters. The molecule has 0 aromatic carbocycles. The zero-order chi connectivity index (χ0) is 19.2. The third-order valence-corrected chi connectivity index (χ3v) is 4.55. The van der Waals surface area contributed by atoms with Crippen LogP contribution in [0.25, 0.3) is 0 Å². The Kier molecular flexibility index (Phi) is 6.27. The van der Waals surface area contributed by atoms with Gasteiger partial charge in [-0.2, -0.15) is 10.4 Å². The molecule has 1 aliphatic rings. The quantitative estimate of drug-likeness (QED) is 0.694. The second-order valence-corrected chi connectivity index (χ2v) is 6.36. The molecule has 0 amide bonds. The van der Waals surface area contributed by atoms with Crippen LogP contribution in [0.5, 0.6) is 0 Å². The van der Waals surface area contributed by atoms with Crippen LogP contribution in [-0.2, 0) is 16.0 Å². The number of Topliss-reactive ketones (excluding diaryl/α,β-unsaturated/α-hetero) is 1. The molecule has 3 heterocycles. The minimum Gasteiger partial charge on any atom is -0.353 e. The van der Waals surface area contributed by atoms with E-state index in [1.54, 1.807) is 11.6 Å². The van der Waals surface area contributed by atoms with Crippen molar-refractivity contribution >= 4 is 5.78 Å². The van der Waals surface area contributed by atoms with Gasteiger partial charge in [0.15, 0.2) is 18.0 Å². The Labute approximate surface area is 156 Å². The van der Waals surface area contributed by atoms with Gasteiger partial charge >= 0.3 is 0 Å². The van der Waals surface area contributed by atoms with Crippen LogP contribution < -0.4 is 0 Å². The number of hydrogen-bond donors (Lipinski definition) is 0. The molecule has 0 saturated carbocycles. The van der Waals surface area contributed by atoms with E-state index in [9.17, 15) is 14.4 Å². The van der Waals surface area contributed by atoms with Gasteiger partial charge in [0.25, 0.3) is 0 Å². The van der Waals surface area contributed by atoms with E-state index in [2.05, 4.69) is 10.1 Å². The van der Waals surface area contributed by atoms with Crippen LogP contribution in [0.3, 0.4) is 0 Å². The number of pyridine rings is 1. The third kappa shape index (κ3) is 4.56. The number of ether oxygens (including phenoxy) is 2. The molecule has 1 aliphatic heterocycles. The molecule has 0 N–H and O–H groups in total. The molecule has 1 fully saturated rings. The molecule has 0 radical (unpaired) electrons. The molecule has 2 aromatic heterocycles. The van der Waals surface area contributed by atoms with Crippen LogP contribution in [0, 0.1) is 24.1 Å². The Morgan fingerprint density at radius 1 is 1.48 bits per heavy atom. The molecule has 0 unspecified atom stereocenters. The van der Waals surface area contributed by atoms with Crippen molar-refractivity contribution in [3.8, 4) is 6.07 Å². The number of carbonyl (C=O) groups is 1. The SMILES string of the molecule is Cc1c(C(=O)[C@@H](C#N)c2ccc(F)cn2)cnn1CCO[C@@H]1CCCCO1. The normalized spacial score (nSPS) is 18.0. The van der Waals surface area contributed by atoms with E-state index >= 15 is 0 Å². The summed E-state index contributed by atoms with van der Waals surface area (Å²) in [5.41, 5.74) is 1.21. The van der Waals surface area contributed by atoms with E-state index in [4.69, 9.17) is 9.47 Å². The number of halogens is 1. The molecule has 2 aromatic rings. The Morgan fingerprint density at radius 3 is 3.00 bits per heavy atom. The van der Waals surface area contributed by atoms with Crippen molar-refractivity contribution in [2.24, 2.45) is 0 Å². The van der Waals surface area contributed by atoms with Gasteiger partial charge < -0.3 is 9.47 Å². The topological polar surface area (TPSA) is 90.0 Å². The van der Waals surface area contributed by atoms with E-state index in [1.807, 2.05) is 6.07 Å². The van der Waals surface area contributed by atoms with E-state index < -0.39 is 17.5 Å². The lowest BCUT2D eigenvalue weighted by atomic mass is 9.96. The summed E-state index contributed by atoms with van der Waals surface area (Å²) in [4.78, 5) is 16.6. The molecule has 8 heteroatoms. The van der Waals surface area contributed by atoms with Gasteiger partial charge in [0.1, 0.15) is 5.82 Å². The maximum atomic E-state index is 13.0. The highest BCUT2D eigenvalue weighted by Gasteiger charge is 2.26. The number of hydrogen-bond acceptors (Lipinski definition) is 6. The maximum absolute atomic E-state index is 13.0. The minimum absolute atomic E-state index is 0.178. The van der Waals surface area contributed by atoms with E-state index in [0.29, 0.717) is 24.4 Å². The highest BCUT2D eigenvalue weighted by Crippen LogP contribution is 2.21. The van der Waals surface area contributed by atoms with E-state index in [0.717, 1.165) is 32.1 Å². The first-order chi connectivity index (χ1) is 13.1. The number of rotatable bonds is 7. The molecule has 0 aliphatic carbocycles. The van der Waals surface area contributed by atoms with Crippen molar-refractivity contribution in [3.05, 3.63) is 47.3 Å². The highest BCUT2D eigenvalue weighted by molar-refractivity contribution is 6.03. The van der Waals surface area contributed by atoms with Gasteiger partial charge in [-0.15, -0.1) is 0 Å². The maximum Gasteiger partial charge on any atom is 0.189 e. The van der Waals surface area contributed by atoms with Gasteiger partial charge in [0.05, 0.1) is 42.9 Å². The standard InChI is InChI=1S/C19H21FN4O3/c1-13-16(19(25)15(10-21)17-6-5-14(20)11-22-17)12-23-24(13)7-9-27-18-4-2-3-8-26-18/h5-6,11-12,15,18H,2-4,7-9H2,1H3/t15-,18+/m0/s1. The molecule has 1 saturated heterocycles. The van der Waals surface area contributed by atoms with Crippen LogP contribution in [0.4, 0.5) is 4.39 Å². The van der Waals surface area contributed by atoms with Gasteiger partial charge in [-0.3, -0.25) is 14.5 Å². The summed E-state index contributed by atoms with van der Waals surface area (Å²) in [5, 5.41) is 13.6. The number of aromatic nitrogens is 3. The summed E-state index contributed by atoms with van der Waals surface area (Å²) in [5.74, 6) is -2.03. The molecular formula is C19H21FN4O3. The van der Waals surface area contributed by atoms with Crippen LogP contribution in [0.1, 0.15) is 46.9 Å². The molecular weight excluding hydrogens is 351 g/mol. The van der Waals surface area contributed by atoms with Crippen molar-refractivity contribution in [2.45, 2.75) is 44.9 Å². The fraction of sp³-hybridized carbons (Fsp3) is 0.474. The first kappa shape index (κ1) is 19.1. The molecule has 3 rings (SSSR count). The van der Waals surface area contributed by atoms with Gasteiger partial charge in [0.2, 0.25) is 0 Å². The summed E-state index contributed by atoms with van der Waals surface area (Å²) in [6, 6.07) is 4.47. The fourth-order valence-electron chi connectivity index (χ4n) is 3.00. The summed E-state index contributed by atoms with van der Waals surface area (Å²) < 4.78 is 25.9. The highest BCUT2D eigenvalue weighted by atomic mass is 19.1. The molecule has 27 heavy (non-hydrogen) atoms. The molecule has 142 valence electrons. The first-order valence-corrected chi connectivity index (χ1v) is 8.91. The number of nitrogens with zero attached hydrogens (tertiary/aromatic N) is 4. The average Bonchev–Trinajstić information content (AvgIpc) is 3.05. The van der Waals surface area contributed by atoms with Crippen molar-refractivity contribution < 1.29 is 18.7 Å². The summed E-state index contributed by atoms with van der Waals surface area (Å²) in [7, 11) is 0. The largest absolute Gasteiger partial charge is 0.353 e. The first-order valence-electron chi connectivity index (χ1n) is 8.91. The lowest BCUT2D eigenvalue weighted by Gasteiger charge is -2.22. The lowest BCUT2D eigenvalue weighted by molar-refractivity contribution is -0.163. The van der Waals surface area contributed by atoms with Gasteiger partial charge in [0, 0.05) is 12.3 Å². The zero-order valence-electron chi connectivity index (χ0n) is 15.1. The van der Waals surface area contributed by atoms with Gasteiger partial charge in [-0.05, 0) is 38.3 Å². The van der Waals surface area contributed by atoms with Crippen LogP contribution in [0.2, 0.25) is 0 Å². The molecule has 0 bridgehead atoms. The summed E-state index contributed by atoms with van der Waals surface area (Å²) >= 11 is 0. The Bertz CT molecular complexity index is 822. The third-order valence-electron chi connectivity index (χ3n) is 4.55. The monoisotopic (exact) mass is 372 g/mol. The summed E-state index contributed by atoms with van der Waals surface area (Å²) in [6.07, 6.45) is 5.31. The van der Waals surface area contributed by atoms with Crippen molar-refractivity contribution in [1.29, 1.82) is 5.26 Å². The van der Waals surface area contributed by atoms with Crippen LogP contribution in [-0.4, -0.2) is 40.1 Å².